The molecule has 0 unspecified atom stereocenters. The monoisotopic (exact) mass is 221 g/mol. The van der Waals surface area contributed by atoms with E-state index in [4.69, 9.17) is 4.74 Å². The predicted molar refractivity (Wildman–Crippen MR) is 58.3 cm³/mol. The minimum atomic E-state index is -0.548. The largest absolute Gasteiger partial charge is 0.423 e. The quantitative estimate of drug-likeness (QED) is 0.258. The van der Waals surface area contributed by atoms with Crippen LogP contribution in [-0.4, -0.2) is 10.9 Å². The van der Waals surface area contributed by atoms with E-state index in [1.807, 2.05) is 0 Å². The molecule has 0 spiro atoms. The highest BCUT2D eigenvalue weighted by Gasteiger charge is 2.12. The highest BCUT2D eigenvalue weighted by molar-refractivity contribution is 5.88. The van der Waals surface area contributed by atoms with Crippen molar-refractivity contribution in [2.75, 3.05) is 0 Å². The molecule has 16 heavy (non-hydrogen) atoms. The fraction of sp³-hybridized carbons (Fsp3) is 0.182. The molecule has 0 N–H and O–H groups in total. The lowest BCUT2D eigenvalue weighted by molar-refractivity contribution is -0.385. The van der Waals surface area contributed by atoms with Crippen LogP contribution in [-0.2, 0) is 4.79 Å². The summed E-state index contributed by atoms with van der Waals surface area (Å²) in [5.41, 5.74) is 0.711. The number of nitro groups is 1. The third kappa shape index (κ3) is 2.66. The van der Waals surface area contributed by atoms with Crippen LogP contribution in [0.5, 0.6) is 5.75 Å². The van der Waals surface area contributed by atoms with E-state index in [1.165, 1.54) is 25.1 Å². The van der Waals surface area contributed by atoms with E-state index < -0.39 is 10.9 Å². The van der Waals surface area contributed by atoms with Crippen molar-refractivity contribution < 1.29 is 14.5 Å². The molecule has 84 valence electrons. The maximum atomic E-state index is 11.2. The van der Waals surface area contributed by atoms with Crippen LogP contribution in [0.25, 0.3) is 0 Å². The van der Waals surface area contributed by atoms with Crippen molar-refractivity contribution in [3.05, 3.63) is 46.0 Å². The minimum absolute atomic E-state index is 0.00451. The summed E-state index contributed by atoms with van der Waals surface area (Å²) in [5, 5.41) is 10.5. The van der Waals surface area contributed by atoms with E-state index in [-0.39, 0.29) is 17.0 Å². The molecule has 0 aliphatic carbocycles. The van der Waals surface area contributed by atoms with Crippen LogP contribution in [0.2, 0.25) is 0 Å². The van der Waals surface area contributed by atoms with Gasteiger partial charge in [-0.2, -0.15) is 0 Å². The number of nitrogens with zero attached hydrogens (tertiary/aromatic N) is 1. The molecule has 0 radical (unpaired) electrons. The Bertz CT molecular complexity index is 465. The number of hydrogen-bond donors (Lipinski definition) is 0. The maximum absolute atomic E-state index is 11.2. The molecule has 0 fully saturated rings. The number of aryl methyl sites for hydroxylation is 1. The summed E-state index contributed by atoms with van der Waals surface area (Å²) in [6, 6.07) is 4.13. The van der Waals surface area contributed by atoms with Crippen LogP contribution in [0.4, 0.5) is 5.69 Å². The lowest BCUT2D eigenvalue weighted by Crippen LogP contribution is -2.08. The second-order valence-electron chi connectivity index (χ2n) is 3.38. The Morgan fingerprint density at radius 1 is 1.50 bits per heavy atom. The molecule has 0 atom stereocenters. The molecule has 0 amide bonds. The van der Waals surface area contributed by atoms with Gasteiger partial charge in [-0.05, 0) is 26.0 Å². The van der Waals surface area contributed by atoms with Crippen LogP contribution in [0.15, 0.2) is 30.4 Å². The Morgan fingerprint density at radius 2 is 2.12 bits per heavy atom. The first-order valence-electron chi connectivity index (χ1n) is 4.54. The predicted octanol–water partition coefficient (Wildman–Crippen LogP) is 2.38. The molecule has 0 heterocycles. The normalized spacial score (nSPS) is 9.62. The Labute approximate surface area is 92.5 Å². The van der Waals surface area contributed by atoms with Gasteiger partial charge in [0.1, 0.15) is 5.75 Å². The van der Waals surface area contributed by atoms with E-state index >= 15 is 0 Å². The zero-order valence-corrected chi connectivity index (χ0v) is 9.02. The molecule has 0 saturated carbocycles. The van der Waals surface area contributed by atoms with E-state index in [1.54, 1.807) is 6.92 Å². The zero-order chi connectivity index (χ0) is 12.3. The van der Waals surface area contributed by atoms with Crippen molar-refractivity contribution in [1.82, 2.24) is 0 Å². The van der Waals surface area contributed by atoms with Gasteiger partial charge in [0.15, 0.2) is 0 Å². The summed E-state index contributed by atoms with van der Waals surface area (Å²) in [7, 11) is 0. The van der Waals surface area contributed by atoms with Crippen molar-refractivity contribution in [2.45, 2.75) is 13.8 Å². The average molecular weight is 221 g/mol. The molecule has 0 bridgehead atoms. The second kappa shape index (κ2) is 4.57. The summed E-state index contributed by atoms with van der Waals surface area (Å²) in [6.07, 6.45) is 0. The van der Waals surface area contributed by atoms with Crippen LogP contribution in [0.3, 0.4) is 0 Å². The first-order valence-corrected chi connectivity index (χ1v) is 4.54. The maximum Gasteiger partial charge on any atom is 0.338 e. The third-order valence-electron chi connectivity index (χ3n) is 1.92. The lowest BCUT2D eigenvalue weighted by atomic mass is 10.2. The SMILES string of the molecule is C=C(C)C(=O)Oc1ccc([N+](=O)[O-])c(C)c1. The highest BCUT2D eigenvalue weighted by Crippen LogP contribution is 2.23. The Morgan fingerprint density at radius 3 is 2.56 bits per heavy atom. The average Bonchev–Trinajstić information content (AvgIpc) is 2.16. The first-order chi connectivity index (χ1) is 7.41. The summed E-state index contributed by atoms with van der Waals surface area (Å²) >= 11 is 0. The van der Waals surface area contributed by atoms with Crippen molar-refractivity contribution in [1.29, 1.82) is 0 Å². The molecule has 5 nitrogen and oxygen atoms in total. The Kier molecular flexibility index (Phi) is 3.40. The van der Waals surface area contributed by atoms with Gasteiger partial charge in [-0.25, -0.2) is 4.79 Å². The molecule has 1 aromatic carbocycles. The molecular formula is C11H11NO4. The number of hydrogen-bond acceptors (Lipinski definition) is 4. The van der Waals surface area contributed by atoms with Gasteiger partial charge in [0.25, 0.3) is 5.69 Å². The highest BCUT2D eigenvalue weighted by atomic mass is 16.6. The van der Waals surface area contributed by atoms with Gasteiger partial charge in [0.05, 0.1) is 4.92 Å². The molecule has 1 aromatic rings. The summed E-state index contributed by atoms with van der Waals surface area (Å²) in [5.74, 6) is -0.274. The minimum Gasteiger partial charge on any atom is -0.423 e. The second-order valence-corrected chi connectivity index (χ2v) is 3.38. The van der Waals surface area contributed by atoms with Crippen molar-refractivity contribution in [3.8, 4) is 5.75 Å². The van der Waals surface area contributed by atoms with Gasteiger partial charge in [0, 0.05) is 17.2 Å². The molecule has 0 saturated heterocycles. The van der Waals surface area contributed by atoms with E-state index in [2.05, 4.69) is 6.58 Å². The fourth-order valence-corrected chi connectivity index (χ4v) is 1.09. The summed E-state index contributed by atoms with van der Waals surface area (Å²) in [4.78, 5) is 21.2. The van der Waals surface area contributed by atoms with Gasteiger partial charge >= 0.3 is 5.97 Å². The summed E-state index contributed by atoms with van der Waals surface area (Å²) < 4.78 is 4.93. The topological polar surface area (TPSA) is 69.4 Å². The molecular weight excluding hydrogens is 210 g/mol. The standard InChI is InChI=1S/C11H11NO4/c1-7(2)11(13)16-9-4-5-10(12(14)15)8(3)6-9/h4-6H,1H2,2-3H3. The smallest absolute Gasteiger partial charge is 0.338 e. The van der Waals surface area contributed by atoms with Gasteiger partial charge in [0.2, 0.25) is 0 Å². The number of rotatable bonds is 3. The molecule has 5 heteroatoms. The van der Waals surface area contributed by atoms with Crippen molar-refractivity contribution in [3.63, 3.8) is 0 Å². The first kappa shape index (κ1) is 11.9. The number of benzene rings is 1. The van der Waals surface area contributed by atoms with Gasteiger partial charge < -0.3 is 4.74 Å². The zero-order valence-electron chi connectivity index (χ0n) is 9.02. The van der Waals surface area contributed by atoms with Crippen LogP contribution in [0.1, 0.15) is 12.5 Å². The third-order valence-corrected chi connectivity index (χ3v) is 1.92. The van der Waals surface area contributed by atoms with Crippen LogP contribution in [0, 0.1) is 17.0 Å². The summed E-state index contributed by atoms with van der Waals surface area (Å²) in [6.45, 7) is 6.54. The van der Waals surface area contributed by atoms with Crippen LogP contribution < -0.4 is 4.74 Å². The van der Waals surface area contributed by atoms with Crippen LogP contribution >= 0.6 is 0 Å². The van der Waals surface area contributed by atoms with Gasteiger partial charge in [-0.15, -0.1) is 0 Å². The number of carbonyl (C=O) groups excluding carboxylic acids is 1. The fourth-order valence-electron chi connectivity index (χ4n) is 1.09. The molecule has 0 aromatic heterocycles. The van der Waals surface area contributed by atoms with E-state index in [9.17, 15) is 14.9 Å². The number of ether oxygens (including phenoxy) is 1. The van der Waals surface area contributed by atoms with Crippen molar-refractivity contribution in [2.24, 2.45) is 0 Å². The number of carbonyl (C=O) groups is 1. The van der Waals surface area contributed by atoms with Gasteiger partial charge in [-0.3, -0.25) is 10.1 Å². The molecule has 0 aliphatic heterocycles. The molecule has 1 rings (SSSR count). The van der Waals surface area contributed by atoms with Crippen molar-refractivity contribution >= 4 is 11.7 Å². The molecule has 0 aliphatic rings. The van der Waals surface area contributed by atoms with E-state index in [0.29, 0.717) is 5.56 Å². The lowest BCUT2D eigenvalue weighted by Gasteiger charge is -2.04. The number of esters is 1. The van der Waals surface area contributed by atoms with E-state index in [0.717, 1.165) is 0 Å². The Balaban J connectivity index is 2.94. The Hall–Kier alpha value is -2.17. The number of nitro benzene ring substituents is 1. The van der Waals surface area contributed by atoms with Gasteiger partial charge in [-0.1, -0.05) is 6.58 Å².